The molecular weight excluding hydrogens is 410 g/mol. The van der Waals surface area contributed by atoms with Gasteiger partial charge in [-0.15, -0.1) is 0 Å². The third-order valence-electron chi connectivity index (χ3n) is 6.68. The summed E-state index contributed by atoms with van der Waals surface area (Å²) in [5.74, 6) is 1.20. The van der Waals surface area contributed by atoms with E-state index in [1.807, 2.05) is 36.9 Å². The largest absolute Gasteiger partial charge is 0.454 e. The van der Waals surface area contributed by atoms with Crippen LogP contribution >= 0.6 is 21.6 Å². The Bertz CT molecular complexity index is 1020. The predicted molar refractivity (Wildman–Crippen MR) is 108 cm³/mol. The van der Waals surface area contributed by atoms with Crippen molar-refractivity contribution in [1.82, 2.24) is 9.80 Å². The zero-order valence-corrected chi connectivity index (χ0v) is 17.6. The number of amides is 2. The summed E-state index contributed by atoms with van der Waals surface area (Å²) >= 11 is 0. The zero-order chi connectivity index (χ0) is 20.2. The summed E-state index contributed by atoms with van der Waals surface area (Å²) in [6.45, 7) is 11.9. The Morgan fingerprint density at radius 1 is 1.10 bits per heavy atom. The van der Waals surface area contributed by atoms with Gasteiger partial charge in [0.25, 0.3) is 17.4 Å². The molecule has 6 aliphatic rings. The van der Waals surface area contributed by atoms with Crippen molar-refractivity contribution in [2.45, 2.75) is 60.5 Å². The van der Waals surface area contributed by atoms with Gasteiger partial charge in [0.2, 0.25) is 6.79 Å². The van der Waals surface area contributed by atoms with E-state index in [0.29, 0.717) is 17.9 Å². The van der Waals surface area contributed by atoms with Crippen molar-refractivity contribution in [3.05, 3.63) is 35.2 Å². The van der Waals surface area contributed by atoms with Crippen LogP contribution < -0.4 is 9.47 Å². The van der Waals surface area contributed by atoms with E-state index < -0.39 is 21.3 Å². The molecule has 0 aromatic heterocycles. The number of carbonyl (C=O) groups is 2. The van der Waals surface area contributed by atoms with E-state index in [4.69, 9.17) is 16.0 Å². The highest BCUT2D eigenvalue weighted by Crippen LogP contribution is 2.69. The highest BCUT2D eigenvalue weighted by atomic mass is 33.1. The molecule has 29 heavy (non-hydrogen) atoms. The van der Waals surface area contributed by atoms with E-state index in [0.717, 1.165) is 18.4 Å². The van der Waals surface area contributed by atoms with Gasteiger partial charge in [0, 0.05) is 13.0 Å². The monoisotopic (exact) mass is 429 g/mol. The Morgan fingerprint density at radius 3 is 2.59 bits per heavy atom. The molecule has 5 heterocycles. The molecule has 7 rings (SSSR count). The van der Waals surface area contributed by atoms with Crippen molar-refractivity contribution in [2.24, 2.45) is 0 Å². The molecule has 5 fully saturated rings. The van der Waals surface area contributed by atoms with Crippen LogP contribution in [0, 0.1) is 6.57 Å². The van der Waals surface area contributed by atoms with Gasteiger partial charge in [-0.1, -0.05) is 27.7 Å². The molecule has 2 amide bonds. The predicted octanol–water partition coefficient (Wildman–Crippen LogP) is 3.18. The van der Waals surface area contributed by atoms with Crippen molar-refractivity contribution in [1.29, 1.82) is 0 Å². The molecule has 9 heteroatoms. The molecule has 1 spiro atoms. The van der Waals surface area contributed by atoms with Gasteiger partial charge >= 0.3 is 0 Å². The maximum Gasteiger partial charge on any atom is 0.262 e. The highest BCUT2D eigenvalue weighted by molar-refractivity contribution is 8.78. The molecule has 1 aromatic carbocycles. The van der Waals surface area contributed by atoms with Crippen LogP contribution in [-0.2, 0) is 9.59 Å². The molecule has 0 N–H and O–H groups in total. The Hall–Kier alpha value is -2.05. The average Bonchev–Trinajstić information content (AvgIpc) is 3.34. The van der Waals surface area contributed by atoms with Crippen molar-refractivity contribution < 1.29 is 19.1 Å². The molecule has 150 valence electrons. The second kappa shape index (κ2) is 5.35. The van der Waals surface area contributed by atoms with Crippen molar-refractivity contribution in [2.75, 3.05) is 6.79 Å². The highest BCUT2D eigenvalue weighted by Gasteiger charge is 2.78. The van der Waals surface area contributed by atoms with Gasteiger partial charge in [0.1, 0.15) is 6.04 Å². The van der Waals surface area contributed by atoms with Crippen LogP contribution in [-0.4, -0.2) is 49.7 Å². The van der Waals surface area contributed by atoms with E-state index in [2.05, 4.69) is 4.85 Å². The van der Waals surface area contributed by atoms with Gasteiger partial charge in [-0.25, -0.2) is 6.57 Å². The standard InChI is InChI=1S/C20H19N3O4S2/c1-18(21-3)9-20-17(25)22(12-5-6-12)19(2,28-29-20)16(24)23(20)15(18)11-4-7-13-14(8-11)27-10-26-13/h4,7-8,12,15H,5-6,9-10H2,1-2H3/t15?,18-,19-,20-/m0/s1. The van der Waals surface area contributed by atoms with E-state index >= 15 is 0 Å². The summed E-state index contributed by atoms with van der Waals surface area (Å²) in [5, 5.41) is 0. The molecule has 5 aliphatic heterocycles. The van der Waals surface area contributed by atoms with Crippen LogP contribution in [0.3, 0.4) is 0 Å². The van der Waals surface area contributed by atoms with Crippen LogP contribution in [0.4, 0.5) is 0 Å². The Kier molecular flexibility index (Phi) is 3.28. The minimum Gasteiger partial charge on any atom is -0.454 e. The molecule has 1 aliphatic carbocycles. The zero-order valence-electron chi connectivity index (χ0n) is 16.0. The first kappa shape index (κ1) is 17.8. The maximum absolute atomic E-state index is 13.8. The summed E-state index contributed by atoms with van der Waals surface area (Å²) < 4.78 is 11.0. The van der Waals surface area contributed by atoms with Crippen molar-refractivity contribution >= 4 is 33.4 Å². The Morgan fingerprint density at radius 2 is 1.86 bits per heavy atom. The molecule has 1 aromatic rings. The second-order valence-electron chi connectivity index (χ2n) is 8.68. The second-order valence-corrected chi connectivity index (χ2v) is 11.5. The fourth-order valence-corrected chi connectivity index (χ4v) is 8.75. The lowest BCUT2D eigenvalue weighted by Gasteiger charge is -2.58. The van der Waals surface area contributed by atoms with E-state index in [9.17, 15) is 9.59 Å². The molecule has 4 saturated heterocycles. The molecule has 4 atom stereocenters. The van der Waals surface area contributed by atoms with E-state index in [1.54, 1.807) is 4.90 Å². The van der Waals surface area contributed by atoms with Gasteiger partial charge < -0.3 is 24.1 Å². The summed E-state index contributed by atoms with van der Waals surface area (Å²) in [7, 11) is 2.95. The number of nitrogens with zero attached hydrogens (tertiary/aromatic N) is 3. The number of rotatable bonds is 2. The van der Waals surface area contributed by atoms with Crippen molar-refractivity contribution in [3.8, 4) is 11.5 Å². The molecule has 0 radical (unpaired) electrons. The first-order chi connectivity index (χ1) is 13.8. The van der Waals surface area contributed by atoms with Gasteiger partial charge in [-0.05, 0) is 37.5 Å². The number of ether oxygens (including phenoxy) is 2. The maximum atomic E-state index is 13.8. The summed E-state index contributed by atoms with van der Waals surface area (Å²) in [6, 6.07) is 5.20. The normalized spacial score (nSPS) is 39.7. The first-order valence-electron chi connectivity index (χ1n) is 9.67. The van der Waals surface area contributed by atoms with Crippen LogP contribution in [0.5, 0.6) is 11.5 Å². The molecule has 2 bridgehead atoms. The summed E-state index contributed by atoms with van der Waals surface area (Å²) in [5.41, 5.74) is -0.0947. The van der Waals surface area contributed by atoms with Crippen LogP contribution in [0.25, 0.3) is 4.85 Å². The minimum absolute atomic E-state index is 0.0102. The van der Waals surface area contributed by atoms with Gasteiger partial charge in [0.15, 0.2) is 21.2 Å². The van der Waals surface area contributed by atoms with Crippen LogP contribution in [0.15, 0.2) is 18.2 Å². The lowest BCUT2D eigenvalue weighted by Crippen LogP contribution is -2.75. The first-order valence-corrected chi connectivity index (χ1v) is 11.8. The third-order valence-corrected chi connectivity index (χ3v) is 10.3. The third kappa shape index (κ3) is 2.01. The van der Waals surface area contributed by atoms with Gasteiger partial charge in [-0.2, -0.15) is 0 Å². The topological polar surface area (TPSA) is 63.4 Å². The Labute approximate surface area is 176 Å². The summed E-state index contributed by atoms with van der Waals surface area (Å²) in [6.07, 6.45) is 2.22. The molecule has 1 unspecified atom stereocenters. The number of hydrogen-bond donors (Lipinski definition) is 0. The molecular formula is C20H19N3O4S2. The number of carbonyl (C=O) groups excluding carboxylic acids is 2. The molecule has 1 saturated carbocycles. The number of fused-ring (bicyclic) bond motifs is 3. The average molecular weight is 430 g/mol. The van der Waals surface area contributed by atoms with E-state index in [-0.39, 0.29) is 24.6 Å². The lowest BCUT2D eigenvalue weighted by atomic mass is 9.87. The quantitative estimate of drug-likeness (QED) is 0.532. The SMILES string of the molecule is [C-]#[N+][C@@]1(C)C[C@@]23SS[C@@](C)(C(=O)N2C1c1ccc2c(c1)OCO2)N(C1CC1)C3=O. The van der Waals surface area contributed by atoms with Crippen LogP contribution in [0.1, 0.15) is 44.7 Å². The smallest absolute Gasteiger partial charge is 0.262 e. The number of piperazine rings is 1. The van der Waals surface area contributed by atoms with E-state index in [1.165, 1.54) is 21.6 Å². The fourth-order valence-electron chi connectivity index (χ4n) is 5.19. The number of benzene rings is 1. The lowest BCUT2D eigenvalue weighted by molar-refractivity contribution is -0.166. The summed E-state index contributed by atoms with van der Waals surface area (Å²) in [4.78, 5) is 33.1. The number of hydrogen-bond acceptors (Lipinski definition) is 6. The van der Waals surface area contributed by atoms with Gasteiger partial charge in [-0.3, -0.25) is 9.59 Å². The fraction of sp³-hybridized carbons (Fsp3) is 0.550. The van der Waals surface area contributed by atoms with Gasteiger partial charge in [0.05, 0.1) is 6.42 Å². The molecule has 7 nitrogen and oxygen atoms in total. The van der Waals surface area contributed by atoms with Crippen molar-refractivity contribution in [3.63, 3.8) is 0 Å². The minimum atomic E-state index is -1.03. The van der Waals surface area contributed by atoms with Crippen LogP contribution in [0.2, 0.25) is 0 Å². The Balaban J connectivity index is 1.53.